The Balaban J connectivity index is 2.53. The summed E-state index contributed by atoms with van der Waals surface area (Å²) in [7, 11) is -0.197. The van der Waals surface area contributed by atoms with Gasteiger partial charge < -0.3 is 5.32 Å². The summed E-state index contributed by atoms with van der Waals surface area (Å²) in [6.07, 6.45) is 4.12. The summed E-state index contributed by atoms with van der Waals surface area (Å²) in [6.45, 7) is 4.62. The number of hydrogen-bond acceptors (Lipinski definition) is 4. The molecule has 0 aliphatic heterocycles. The van der Waals surface area contributed by atoms with Crippen molar-refractivity contribution in [2.45, 2.75) is 19.9 Å². The van der Waals surface area contributed by atoms with Crippen molar-refractivity contribution in [2.75, 3.05) is 33.7 Å². The van der Waals surface area contributed by atoms with Crippen LogP contribution >= 0.6 is 0 Å². The Morgan fingerprint density at radius 1 is 1.20 bits per heavy atom. The van der Waals surface area contributed by atoms with Crippen LogP contribution in [0.1, 0.15) is 18.9 Å². The molecule has 1 heterocycles. The van der Waals surface area contributed by atoms with Crippen molar-refractivity contribution in [3.8, 4) is 0 Å². The molecule has 1 N–H and O–H groups in total. The fraction of sp³-hybridized carbons (Fsp3) is 0.615. The van der Waals surface area contributed by atoms with Crippen LogP contribution in [0.3, 0.4) is 0 Å². The SMILES string of the molecule is CCNCCCN(C)S(=O)(=O)N(C)Cc1ccncc1. The molecule has 0 aliphatic rings. The number of pyridine rings is 1. The van der Waals surface area contributed by atoms with E-state index < -0.39 is 10.2 Å². The molecule has 0 radical (unpaired) electrons. The molecule has 0 atom stereocenters. The normalized spacial score (nSPS) is 12.2. The first kappa shape index (κ1) is 17.0. The van der Waals surface area contributed by atoms with Crippen molar-refractivity contribution in [1.82, 2.24) is 18.9 Å². The lowest BCUT2D eigenvalue weighted by molar-refractivity contribution is 0.384. The standard InChI is InChI=1S/C13H24N4O2S/c1-4-14-8-5-11-16(2)20(18,19)17(3)12-13-6-9-15-10-7-13/h6-7,9-10,14H,4-5,8,11-12H2,1-3H3. The molecule has 0 fully saturated rings. The molecule has 0 spiro atoms. The van der Waals surface area contributed by atoms with Crippen molar-refractivity contribution in [3.05, 3.63) is 30.1 Å². The quantitative estimate of drug-likeness (QED) is 0.682. The smallest absolute Gasteiger partial charge is 0.281 e. The van der Waals surface area contributed by atoms with E-state index in [9.17, 15) is 8.42 Å². The first-order valence-electron chi connectivity index (χ1n) is 6.75. The molecule has 1 rings (SSSR count). The van der Waals surface area contributed by atoms with Crippen molar-refractivity contribution in [2.24, 2.45) is 0 Å². The summed E-state index contributed by atoms with van der Waals surface area (Å²) in [6, 6.07) is 3.63. The predicted octanol–water partition coefficient (Wildman–Crippen LogP) is 0.690. The van der Waals surface area contributed by atoms with E-state index in [-0.39, 0.29) is 0 Å². The van der Waals surface area contributed by atoms with Gasteiger partial charge in [-0.3, -0.25) is 4.98 Å². The molecule has 0 bridgehead atoms. The Labute approximate surface area is 122 Å². The van der Waals surface area contributed by atoms with Crippen molar-refractivity contribution >= 4 is 10.2 Å². The molecule has 0 saturated carbocycles. The zero-order chi connectivity index (χ0) is 15.0. The third-order valence-corrected chi connectivity index (χ3v) is 4.91. The number of rotatable bonds is 9. The minimum Gasteiger partial charge on any atom is -0.317 e. The lowest BCUT2D eigenvalue weighted by Crippen LogP contribution is -2.40. The van der Waals surface area contributed by atoms with Crippen LogP contribution in [0.5, 0.6) is 0 Å². The minimum absolute atomic E-state index is 0.350. The maximum absolute atomic E-state index is 12.3. The van der Waals surface area contributed by atoms with E-state index in [1.54, 1.807) is 26.5 Å². The Bertz CT molecular complexity index is 478. The van der Waals surface area contributed by atoms with Gasteiger partial charge in [0, 0.05) is 39.6 Å². The van der Waals surface area contributed by atoms with Crippen LogP contribution in [0, 0.1) is 0 Å². The maximum Gasteiger partial charge on any atom is 0.281 e. The fourth-order valence-electron chi connectivity index (χ4n) is 1.78. The molecule has 0 unspecified atom stereocenters. The van der Waals surface area contributed by atoms with Gasteiger partial charge in [0.2, 0.25) is 0 Å². The van der Waals surface area contributed by atoms with Crippen LogP contribution < -0.4 is 5.32 Å². The second-order valence-corrected chi connectivity index (χ2v) is 6.79. The third kappa shape index (κ3) is 5.16. The second-order valence-electron chi connectivity index (χ2n) is 4.65. The first-order chi connectivity index (χ1) is 9.48. The first-order valence-corrected chi connectivity index (χ1v) is 8.15. The van der Waals surface area contributed by atoms with Gasteiger partial charge in [-0.1, -0.05) is 6.92 Å². The van der Waals surface area contributed by atoms with E-state index in [0.29, 0.717) is 13.1 Å². The van der Waals surface area contributed by atoms with Gasteiger partial charge in [-0.25, -0.2) is 0 Å². The molecule has 0 aliphatic carbocycles. The highest BCUT2D eigenvalue weighted by molar-refractivity contribution is 7.86. The lowest BCUT2D eigenvalue weighted by Gasteiger charge is -2.24. The van der Waals surface area contributed by atoms with Crippen molar-refractivity contribution in [3.63, 3.8) is 0 Å². The maximum atomic E-state index is 12.3. The van der Waals surface area contributed by atoms with E-state index in [4.69, 9.17) is 0 Å². The number of hydrogen-bond donors (Lipinski definition) is 1. The lowest BCUT2D eigenvalue weighted by atomic mass is 10.3. The molecule has 1 aromatic heterocycles. The highest BCUT2D eigenvalue weighted by atomic mass is 32.2. The Morgan fingerprint density at radius 2 is 1.85 bits per heavy atom. The summed E-state index contributed by atoms with van der Waals surface area (Å²) in [5.74, 6) is 0. The van der Waals surface area contributed by atoms with Crippen LogP contribution in [0.15, 0.2) is 24.5 Å². The third-order valence-electron chi connectivity index (χ3n) is 3.02. The number of nitrogens with zero attached hydrogens (tertiary/aromatic N) is 3. The Kier molecular flexibility index (Phi) is 7.08. The molecular formula is C13H24N4O2S. The zero-order valence-corrected chi connectivity index (χ0v) is 13.2. The molecular weight excluding hydrogens is 276 g/mol. The van der Waals surface area contributed by atoms with Gasteiger partial charge in [-0.15, -0.1) is 0 Å². The minimum atomic E-state index is -3.41. The fourth-order valence-corrected chi connectivity index (χ4v) is 2.93. The number of nitrogens with one attached hydrogen (secondary N) is 1. The average molecular weight is 300 g/mol. The molecule has 6 nitrogen and oxygen atoms in total. The average Bonchev–Trinajstić information content (AvgIpc) is 2.44. The predicted molar refractivity (Wildman–Crippen MR) is 80.4 cm³/mol. The van der Waals surface area contributed by atoms with Gasteiger partial charge in [-0.2, -0.15) is 17.0 Å². The zero-order valence-electron chi connectivity index (χ0n) is 12.4. The van der Waals surface area contributed by atoms with E-state index in [2.05, 4.69) is 10.3 Å². The molecule has 20 heavy (non-hydrogen) atoms. The van der Waals surface area contributed by atoms with E-state index in [1.807, 2.05) is 19.1 Å². The van der Waals surface area contributed by atoms with Crippen molar-refractivity contribution < 1.29 is 8.42 Å². The molecule has 7 heteroatoms. The summed E-state index contributed by atoms with van der Waals surface area (Å²) in [5, 5.41) is 3.18. The molecule has 0 aromatic carbocycles. The summed E-state index contributed by atoms with van der Waals surface area (Å²) >= 11 is 0. The largest absolute Gasteiger partial charge is 0.317 e. The van der Waals surface area contributed by atoms with E-state index >= 15 is 0 Å². The summed E-state index contributed by atoms with van der Waals surface area (Å²) in [5.41, 5.74) is 0.923. The Hall–Kier alpha value is -1.02. The van der Waals surface area contributed by atoms with Crippen LogP contribution in [-0.2, 0) is 16.8 Å². The summed E-state index contributed by atoms with van der Waals surface area (Å²) in [4.78, 5) is 3.92. The highest BCUT2D eigenvalue weighted by Gasteiger charge is 2.23. The van der Waals surface area contributed by atoms with Crippen LogP contribution in [0.4, 0.5) is 0 Å². The molecule has 0 saturated heterocycles. The van der Waals surface area contributed by atoms with Gasteiger partial charge in [0.15, 0.2) is 0 Å². The van der Waals surface area contributed by atoms with Crippen LogP contribution in [-0.4, -0.2) is 55.7 Å². The van der Waals surface area contributed by atoms with Crippen molar-refractivity contribution in [1.29, 1.82) is 0 Å². The van der Waals surface area contributed by atoms with Gasteiger partial charge >= 0.3 is 0 Å². The number of aromatic nitrogens is 1. The molecule has 1 aromatic rings. The molecule has 0 amide bonds. The van der Waals surface area contributed by atoms with Gasteiger partial charge in [0.05, 0.1) is 0 Å². The van der Waals surface area contributed by atoms with E-state index in [1.165, 1.54) is 8.61 Å². The topological polar surface area (TPSA) is 65.5 Å². The van der Waals surface area contributed by atoms with Gasteiger partial charge in [0.25, 0.3) is 10.2 Å². The van der Waals surface area contributed by atoms with Gasteiger partial charge in [0.1, 0.15) is 0 Å². The Morgan fingerprint density at radius 3 is 2.45 bits per heavy atom. The van der Waals surface area contributed by atoms with Crippen LogP contribution in [0.2, 0.25) is 0 Å². The van der Waals surface area contributed by atoms with E-state index in [0.717, 1.165) is 25.1 Å². The van der Waals surface area contributed by atoms with Crippen LogP contribution in [0.25, 0.3) is 0 Å². The second kappa shape index (κ2) is 8.31. The monoisotopic (exact) mass is 300 g/mol. The molecule has 114 valence electrons. The summed E-state index contributed by atoms with van der Waals surface area (Å²) < 4.78 is 27.4. The van der Waals surface area contributed by atoms with Gasteiger partial charge in [-0.05, 0) is 37.2 Å². The highest BCUT2D eigenvalue weighted by Crippen LogP contribution is 2.09.